The molecule has 12 nitrogen and oxygen atoms in total. The Morgan fingerprint density at radius 3 is 2.73 bits per heavy atom. The maximum Gasteiger partial charge on any atom is 0.319 e. The monoisotopic (exact) mass is 737 g/mol. The molecule has 0 spiro atoms. The fraction of sp³-hybridized carbons (Fsp3) is 0.632. The van der Waals surface area contributed by atoms with Crippen LogP contribution in [-0.4, -0.2) is 113 Å². The number of aromatic amines is 1. The number of halogens is 2. The quantitative estimate of drug-likeness (QED) is 0.207. The summed E-state index contributed by atoms with van der Waals surface area (Å²) in [6, 6.07) is 2.34. The molecular weight excluding hydrogens is 689 g/mol. The van der Waals surface area contributed by atoms with E-state index in [4.69, 9.17) is 45.5 Å². The van der Waals surface area contributed by atoms with Gasteiger partial charge in [-0.25, -0.2) is 9.37 Å². The third-order valence-electron chi connectivity index (χ3n) is 12.1. The number of H-pyrrole nitrogens is 1. The average molecular weight is 738 g/mol. The van der Waals surface area contributed by atoms with Crippen molar-refractivity contribution in [3.05, 3.63) is 28.7 Å². The lowest BCUT2D eigenvalue weighted by molar-refractivity contribution is -0.106. The van der Waals surface area contributed by atoms with E-state index in [1.54, 1.807) is 13.1 Å². The number of piperidine rings is 1. The number of aryl methyl sites for hydroxylation is 1. The molecule has 280 valence electrons. The minimum Gasteiger partial charge on any atom is -0.480 e. The molecule has 3 aromatic heterocycles. The topological polar surface area (TPSA) is 131 Å². The second-order valence-electron chi connectivity index (χ2n) is 16.1. The van der Waals surface area contributed by atoms with E-state index in [9.17, 15) is 5.11 Å². The number of β-amino-alcohol motifs (C(OH)–C–C–N with tert-alkyl or cyclic N) is 1. The Kier molecular flexibility index (Phi) is 9.25. The molecule has 1 aromatic carbocycles. The normalized spacial score (nSPS) is 29.7. The summed E-state index contributed by atoms with van der Waals surface area (Å²) < 4.78 is 41.2. The van der Waals surface area contributed by atoms with Crippen molar-refractivity contribution in [2.75, 3.05) is 65.1 Å². The number of nitrogens with one attached hydrogen (secondary N) is 1. The second-order valence-corrected chi connectivity index (χ2v) is 16.5. The molecule has 4 fully saturated rings. The molecule has 4 aliphatic rings. The largest absolute Gasteiger partial charge is 0.480 e. The second kappa shape index (κ2) is 13.5. The number of aromatic nitrogens is 5. The molecule has 14 heteroatoms. The highest BCUT2D eigenvalue weighted by atomic mass is 35.5. The summed E-state index contributed by atoms with van der Waals surface area (Å²) in [7, 11) is 3.30. The van der Waals surface area contributed by atoms with Crippen molar-refractivity contribution >= 4 is 39.2 Å². The predicted molar refractivity (Wildman–Crippen MR) is 197 cm³/mol. The van der Waals surface area contributed by atoms with E-state index >= 15 is 4.39 Å². The van der Waals surface area contributed by atoms with Gasteiger partial charge in [-0.15, -0.1) is 0 Å². The van der Waals surface area contributed by atoms with Gasteiger partial charge >= 0.3 is 6.01 Å². The van der Waals surface area contributed by atoms with Crippen LogP contribution in [-0.2, 0) is 9.47 Å². The van der Waals surface area contributed by atoms with Crippen LogP contribution in [0.15, 0.2) is 12.3 Å². The van der Waals surface area contributed by atoms with Gasteiger partial charge < -0.3 is 29.0 Å². The van der Waals surface area contributed by atoms with Gasteiger partial charge in [0.25, 0.3) is 0 Å². The third kappa shape index (κ3) is 6.25. The van der Waals surface area contributed by atoms with E-state index in [-0.39, 0.29) is 52.7 Å². The molecule has 2 saturated carbocycles. The predicted octanol–water partition coefficient (Wildman–Crippen LogP) is 6.09. The Morgan fingerprint density at radius 2 is 1.94 bits per heavy atom. The van der Waals surface area contributed by atoms with Crippen LogP contribution in [0.25, 0.3) is 33.1 Å². The number of pyridine rings is 1. The molecule has 0 radical (unpaired) electrons. The smallest absolute Gasteiger partial charge is 0.319 e. The molecule has 0 bridgehead atoms. The summed E-state index contributed by atoms with van der Waals surface area (Å²) in [6.07, 6.45) is 9.27. The van der Waals surface area contributed by atoms with E-state index in [1.807, 2.05) is 25.0 Å². The van der Waals surface area contributed by atoms with Gasteiger partial charge in [-0.05, 0) is 83.4 Å². The van der Waals surface area contributed by atoms with Crippen molar-refractivity contribution < 1.29 is 28.4 Å². The van der Waals surface area contributed by atoms with Crippen LogP contribution in [0.1, 0.15) is 64.4 Å². The van der Waals surface area contributed by atoms with Crippen molar-refractivity contribution in [2.45, 2.75) is 83.0 Å². The number of hydrogen-bond donors (Lipinski definition) is 2. The zero-order valence-electron chi connectivity index (χ0n) is 30.7. The van der Waals surface area contributed by atoms with Crippen LogP contribution in [0, 0.1) is 24.1 Å². The first-order valence-electron chi connectivity index (χ1n) is 18.5. The van der Waals surface area contributed by atoms with Crippen molar-refractivity contribution in [3.8, 4) is 23.1 Å². The summed E-state index contributed by atoms with van der Waals surface area (Å²) >= 11 is 6.87. The van der Waals surface area contributed by atoms with E-state index in [1.165, 1.54) is 7.11 Å². The molecule has 52 heavy (non-hydrogen) atoms. The van der Waals surface area contributed by atoms with Gasteiger partial charge in [0.1, 0.15) is 28.0 Å². The van der Waals surface area contributed by atoms with Gasteiger partial charge in [0.05, 0.1) is 55.8 Å². The lowest BCUT2D eigenvalue weighted by Gasteiger charge is -2.51. The number of aliphatic hydroxyl groups is 1. The summed E-state index contributed by atoms with van der Waals surface area (Å²) in [6.45, 7) is 9.45. The summed E-state index contributed by atoms with van der Waals surface area (Å²) in [5.74, 6) is 0.446. The highest BCUT2D eigenvalue weighted by Gasteiger charge is 2.50. The first-order valence-corrected chi connectivity index (χ1v) is 18.9. The van der Waals surface area contributed by atoms with Gasteiger partial charge in [-0.3, -0.25) is 10.00 Å². The number of methoxy groups -OCH3 is 2. The van der Waals surface area contributed by atoms with Crippen LogP contribution >= 0.6 is 11.6 Å². The zero-order chi connectivity index (χ0) is 36.4. The molecule has 2 aliphatic carbocycles. The molecule has 2 aliphatic heterocycles. The number of hydrogen-bond acceptors (Lipinski definition) is 11. The SMILES string of the molecule is COc1nc(-c2c(Cl)c(C)cc3[nH]ncc23)c(F)c2nc(OCC34CCCC3N(CC3CC(C)(OC)C3)CCC4)nc(N3CCOCC(C)(O)C3)c12. The number of anilines is 1. The number of likely N-dealkylation sites (tertiary alicyclic amines) is 1. The molecule has 2 saturated heterocycles. The first-order chi connectivity index (χ1) is 24.9. The Bertz CT molecular complexity index is 1990. The Morgan fingerprint density at radius 1 is 1.13 bits per heavy atom. The fourth-order valence-corrected chi connectivity index (χ4v) is 9.80. The molecule has 8 rings (SSSR count). The number of ether oxygens (including phenoxy) is 4. The minimum absolute atomic E-state index is 0.00204. The molecule has 2 N–H and O–H groups in total. The maximum absolute atomic E-state index is 17.2. The summed E-state index contributed by atoms with van der Waals surface area (Å²) in [4.78, 5) is 19.0. The number of fused-ring (bicyclic) bond motifs is 3. The Hall–Kier alpha value is -3.36. The van der Waals surface area contributed by atoms with E-state index < -0.39 is 11.4 Å². The number of rotatable bonds is 9. The van der Waals surface area contributed by atoms with Crippen molar-refractivity contribution in [2.24, 2.45) is 11.3 Å². The van der Waals surface area contributed by atoms with Gasteiger partial charge in [-0.2, -0.15) is 15.1 Å². The first kappa shape index (κ1) is 35.7. The summed E-state index contributed by atoms with van der Waals surface area (Å²) in [5, 5.41) is 19.6. The fourth-order valence-electron chi connectivity index (χ4n) is 9.55. The summed E-state index contributed by atoms with van der Waals surface area (Å²) in [5.41, 5.74) is 0.590. The van der Waals surface area contributed by atoms with Crippen LogP contribution in [0.5, 0.6) is 11.9 Å². The van der Waals surface area contributed by atoms with Crippen LogP contribution in [0.3, 0.4) is 0 Å². The molecule has 0 amide bonds. The molecular formula is C38H49ClFN7O5. The van der Waals surface area contributed by atoms with Gasteiger partial charge in [0, 0.05) is 42.6 Å². The highest BCUT2D eigenvalue weighted by molar-refractivity contribution is 6.35. The van der Waals surface area contributed by atoms with Crippen LogP contribution < -0.4 is 14.4 Å². The maximum atomic E-state index is 17.2. The molecule has 5 heterocycles. The van der Waals surface area contributed by atoms with Gasteiger partial charge in [-0.1, -0.05) is 18.0 Å². The van der Waals surface area contributed by atoms with Crippen molar-refractivity contribution in [1.29, 1.82) is 0 Å². The third-order valence-corrected chi connectivity index (χ3v) is 12.6. The zero-order valence-corrected chi connectivity index (χ0v) is 31.5. The average Bonchev–Trinajstić information content (AvgIpc) is 3.72. The minimum atomic E-state index is -1.18. The Labute approximate surface area is 308 Å². The van der Waals surface area contributed by atoms with Gasteiger partial charge in [0.2, 0.25) is 5.88 Å². The molecule has 4 aromatic rings. The van der Waals surface area contributed by atoms with Crippen molar-refractivity contribution in [1.82, 2.24) is 30.0 Å². The number of nitrogens with zero attached hydrogens (tertiary/aromatic N) is 6. The molecule has 3 atom stereocenters. The molecule has 3 unspecified atom stereocenters. The number of benzene rings is 1. The lowest BCUT2D eigenvalue weighted by atomic mass is 9.70. The Balaban J connectivity index is 1.20. The van der Waals surface area contributed by atoms with Gasteiger partial charge in [0.15, 0.2) is 5.82 Å². The van der Waals surface area contributed by atoms with E-state index in [2.05, 4.69) is 22.0 Å². The standard InChI is InChI=1S/C38H49ClFN7O5/c1-22-14-25-24(17-41-45-25)27(29(22)39)31-30(40)32-28(34(42-31)49-4)33(47-12-13-51-20-36(2,48)19-47)44-35(43-32)52-21-38-9-6-8-26(38)46(11-7-10-38)18-23-15-37(3,16-23)50-5/h14,17,23,26,48H,6-13,15-16,18-21H2,1-5H3,(H,41,45). The van der Waals surface area contributed by atoms with E-state index in [0.717, 1.165) is 63.6 Å². The van der Waals surface area contributed by atoms with Crippen molar-refractivity contribution in [3.63, 3.8) is 0 Å². The van der Waals surface area contributed by atoms with Crippen LogP contribution in [0.2, 0.25) is 5.02 Å². The lowest BCUT2D eigenvalue weighted by Crippen LogP contribution is -2.55. The highest BCUT2D eigenvalue weighted by Crippen LogP contribution is 2.50. The van der Waals surface area contributed by atoms with Crippen LogP contribution in [0.4, 0.5) is 10.2 Å². The van der Waals surface area contributed by atoms with E-state index in [0.29, 0.717) is 59.0 Å².